The lowest BCUT2D eigenvalue weighted by atomic mass is 9.85. The van der Waals surface area contributed by atoms with Crippen molar-refractivity contribution in [2.24, 2.45) is 11.8 Å². The van der Waals surface area contributed by atoms with E-state index in [1.807, 2.05) is 12.1 Å². The molecule has 1 aromatic carbocycles. The van der Waals surface area contributed by atoms with Crippen molar-refractivity contribution in [3.05, 3.63) is 29.8 Å². The fourth-order valence-electron chi connectivity index (χ4n) is 3.24. The predicted molar refractivity (Wildman–Crippen MR) is 101 cm³/mol. The van der Waals surface area contributed by atoms with Crippen LogP contribution in [0, 0.1) is 11.8 Å². The highest BCUT2D eigenvalue weighted by Crippen LogP contribution is 2.22. The number of halogens is 1. The number of nitrogens with one attached hydrogen (secondary N) is 2. The number of benzene rings is 1. The smallest absolute Gasteiger partial charge is 0.220 e. The Labute approximate surface area is 152 Å². The van der Waals surface area contributed by atoms with Gasteiger partial charge in [-0.1, -0.05) is 19.1 Å². The van der Waals surface area contributed by atoms with E-state index in [2.05, 4.69) is 29.7 Å². The molecule has 1 aliphatic heterocycles. The summed E-state index contributed by atoms with van der Waals surface area (Å²) >= 11 is 0. The monoisotopic (exact) mass is 354 g/mol. The topological polar surface area (TPSA) is 50.4 Å². The number of carbonyl (C=O) groups excluding carboxylic acids is 1. The summed E-state index contributed by atoms with van der Waals surface area (Å²) in [6.45, 7) is 5.13. The number of hydrogen-bond acceptors (Lipinski definition) is 3. The van der Waals surface area contributed by atoms with E-state index in [0.717, 1.165) is 38.2 Å². The molecular weight excluding hydrogens is 324 g/mol. The van der Waals surface area contributed by atoms with Gasteiger partial charge < -0.3 is 15.4 Å². The van der Waals surface area contributed by atoms with Gasteiger partial charge in [-0.2, -0.15) is 0 Å². The van der Waals surface area contributed by atoms with E-state index < -0.39 is 0 Å². The summed E-state index contributed by atoms with van der Waals surface area (Å²) < 4.78 is 5.23. The summed E-state index contributed by atoms with van der Waals surface area (Å²) in [5, 5.41) is 6.49. The number of carbonyl (C=O) groups is 1. The van der Waals surface area contributed by atoms with Crippen LogP contribution >= 0.6 is 12.4 Å². The van der Waals surface area contributed by atoms with Gasteiger partial charge in [0.05, 0.1) is 7.11 Å². The van der Waals surface area contributed by atoms with Gasteiger partial charge in [-0.3, -0.25) is 4.79 Å². The summed E-state index contributed by atoms with van der Waals surface area (Å²) in [6.07, 6.45) is 5.04. The molecule has 0 spiro atoms. The zero-order valence-corrected chi connectivity index (χ0v) is 15.7. The molecule has 24 heavy (non-hydrogen) atoms. The molecule has 1 aliphatic rings. The van der Waals surface area contributed by atoms with Crippen LogP contribution in [0.3, 0.4) is 0 Å². The lowest BCUT2D eigenvalue weighted by Gasteiger charge is -2.28. The molecule has 2 atom stereocenters. The molecule has 1 heterocycles. The first kappa shape index (κ1) is 20.8. The minimum Gasteiger partial charge on any atom is -0.497 e. The van der Waals surface area contributed by atoms with Crippen LogP contribution in [-0.4, -0.2) is 32.7 Å². The summed E-state index contributed by atoms with van der Waals surface area (Å²) in [4.78, 5) is 12.1. The van der Waals surface area contributed by atoms with E-state index in [0.29, 0.717) is 18.3 Å². The zero-order chi connectivity index (χ0) is 16.5. The summed E-state index contributed by atoms with van der Waals surface area (Å²) in [7, 11) is 1.68. The molecule has 2 rings (SSSR count). The lowest BCUT2D eigenvalue weighted by Crippen LogP contribution is -2.35. The van der Waals surface area contributed by atoms with Gasteiger partial charge in [0, 0.05) is 13.0 Å². The standard InChI is InChI=1S/C19H30N2O2.ClH/c1-15(17-8-5-10-20-14-17)12-19(22)21-11-4-7-16-6-3-9-18(13-16)23-2;/h3,6,9,13,15,17,20H,4-5,7-8,10-12,14H2,1-2H3,(H,21,22);1H. The molecular formula is C19H31ClN2O2. The number of hydrogen-bond donors (Lipinski definition) is 2. The Morgan fingerprint density at radius 2 is 2.29 bits per heavy atom. The average Bonchev–Trinajstić information content (AvgIpc) is 2.59. The van der Waals surface area contributed by atoms with Crippen molar-refractivity contribution in [2.75, 3.05) is 26.7 Å². The number of aryl methyl sites for hydroxylation is 1. The number of ether oxygens (including phenoxy) is 1. The lowest BCUT2D eigenvalue weighted by molar-refractivity contribution is -0.122. The van der Waals surface area contributed by atoms with Crippen LogP contribution in [0.2, 0.25) is 0 Å². The minimum absolute atomic E-state index is 0. The third-order valence-electron chi connectivity index (χ3n) is 4.75. The maximum atomic E-state index is 12.1. The Kier molecular flexibility index (Phi) is 9.80. The van der Waals surface area contributed by atoms with Crippen molar-refractivity contribution in [3.63, 3.8) is 0 Å². The summed E-state index contributed by atoms with van der Waals surface area (Å²) in [5.74, 6) is 2.18. The quantitative estimate of drug-likeness (QED) is 0.705. The number of methoxy groups -OCH3 is 1. The highest BCUT2D eigenvalue weighted by atomic mass is 35.5. The van der Waals surface area contributed by atoms with Gasteiger partial charge in [-0.05, 0) is 68.3 Å². The molecule has 0 aromatic heterocycles. The van der Waals surface area contributed by atoms with E-state index in [-0.39, 0.29) is 18.3 Å². The SMILES string of the molecule is COc1cccc(CCCNC(=O)CC(C)C2CCCNC2)c1.Cl. The number of piperidine rings is 1. The van der Waals surface area contributed by atoms with Gasteiger partial charge in [0.15, 0.2) is 0 Å². The van der Waals surface area contributed by atoms with Crippen LogP contribution in [0.15, 0.2) is 24.3 Å². The normalized spacial score (nSPS) is 18.3. The molecule has 2 unspecified atom stereocenters. The first-order valence-electron chi connectivity index (χ1n) is 8.79. The van der Waals surface area contributed by atoms with Crippen LogP contribution in [0.5, 0.6) is 5.75 Å². The van der Waals surface area contributed by atoms with Crippen molar-refractivity contribution in [3.8, 4) is 5.75 Å². The largest absolute Gasteiger partial charge is 0.497 e. The molecule has 136 valence electrons. The van der Waals surface area contributed by atoms with Crippen LogP contribution < -0.4 is 15.4 Å². The highest BCUT2D eigenvalue weighted by Gasteiger charge is 2.21. The van der Waals surface area contributed by atoms with Gasteiger partial charge in [0.2, 0.25) is 5.91 Å². The van der Waals surface area contributed by atoms with Crippen molar-refractivity contribution >= 4 is 18.3 Å². The fourth-order valence-corrected chi connectivity index (χ4v) is 3.24. The molecule has 1 aromatic rings. The molecule has 1 saturated heterocycles. The van der Waals surface area contributed by atoms with Gasteiger partial charge in [0.25, 0.3) is 0 Å². The van der Waals surface area contributed by atoms with E-state index in [1.54, 1.807) is 7.11 Å². The first-order chi connectivity index (χ1) is 11.2. The maximum Gasteiger partial charge on any atom is 0.220 e. The second kappa shape index (κ2) is 11.3. The second-order valence-electron chi connectivity index (χ2n) is 6.59. The van der Waals surface area contributed by atoms with Crippen LogP contribution in [0.25, 0.3) is 0 Å². The molecule has 4 nitrogen and oxygen atoms in total. The third kappa shape index (κ3) is 7.10. The van der Waals surface area contributed by atoms with Crippen molar-refractivity contribution in [1.82, 2.24) is 10.6 Å². The van der Waals surface area contributed by atoms with Crippen molar-refractivity contribution in [2.45, 2.75) is 39.0 Å². The van der Waals surface area contributed by atoms with Crippen LogP contribution in [0.1, 0.15) is 38.2 Å². The summed E-state index contributed by atoms with van der Waals surface area (Å²) in [5.41, 5.74) is 1.25. The molecule has 0 saturated carbocycles. The average molecular weight is 355 g/mol. The maximum absolute atomic E-state index is 12.1. The Bertz CT molecular complexity index is 490. The molecule has 1 amide bonds. The fraction of sp³-hybridized carbons (Fsp3) is 0.632. The molecule has 0 bridgehead atoms. The molecule has 0 radical (unpaired) electrons. The van der Waals surface area contributed by atoms with E-state index in [9.17, 15) is 4.79 Å². The van der Waals surface area contributed by atoms with E-state index in [1.165, 1.54) is 18.4 Å². The Morgan fingerprint density at radius 3 is 3.00 bits per heavy atom. The van der Waals surface area contributed by atoms with Gasteiger partial charge >= 0.3 is 0 Å². The Hall–Kier alpha value is -1.26. The van der Waals surface area contributed by atoms with Crippen molar-refractivity contribution < 1.29 is 9.53 Å². The Balaban J connectivity index is 0.00000288. The van der Waals surface area contributed by atoms with Crippen LogP contribution in [-0.2, 0) is 11.2 Å². The first-order valence-corrected chi connectivity index (χ1v) is 8.79. The number of rotatable bonds is 8. The van der Waals surface area contributed by atoms with Gasteiger partial charge in [-0.15, -0.1) is 12.4 Å². The molecule has 5 heteroatoms. The molecule has 1 fully saturated rings. The molecule has 0 aliphatic carbocycles. The van der Waals surface area contributed by atoms with Gasteiger partial charge in [-0.25, -0.2) is 0 Å². The Morgan fingerprint density at radius 1 is 1.46 bits per heavy atom. The van der Waals surface area contributed by atoms with Crippen molar-refractivity contribution in [1.29, 1.82) is 0 Å². The minimum atomic E-state index is 0. The van der Waals surface area contributed by atoms with Crippen LogP contribution in [0.4, 0.5) is 0 Å². The predicted octanol–water partition coefficient (Wildman–Crippen LogP) is 3.19. The number of amides is 1. The third-order valence-corrected chi connectivity index (χ3v) is 4.75. The molecule has 2 N–H and O–H groups in total. The van der Waals surface area contributed by atoms with Gasteiger partial charge in [0.1, 0.15) is 5.75 Å². The van der Waals surface area contributed by atoms with E-state index in [4.69, 9.17) is 4.74 Å². The summed E-state index contributed by atoms with van der Waals surface area (Å²) in [6, 6.07) is 8.11. The highest BCUT2D eigenvalue weighted by molar-refractivity contribution is 5.85. The second-order valence-corrected chi connectivity index (χ2v) is 6.59. The zero-order valence-electron chi connectivity index (χ0n) is 14.8. The van der Waals surface area contributed by atoms with E-state index >= 15 is 0 Å².